The molecular weight excluding hydrogens is 416 g/mol. The zero-order chi connectivity index (χ0) is 21.1. The van der Waals surface area contributed by atoms with Gasteiger partial charge in [-0.15, -0.1) is 11.3 Å². The van der Waals surface area contributed by atoms with E-state index in [2.05, 4.69) is 10.3 Å². The second-order valence-corrected chi connectivity index (χ2v) is 9.89. The van der Waals surface area contributed by atoms with E-state index in [4.69, 9.17) is 0 Å². The monoisotopic (exact) mass is 436 g/mol. The summed E-state index contributed by atoms with van der Waals surface area (Å²) in [5.74, 6) is -0.163. The van der Waals surface area contributed by atoms with E-state index in [1.165, 1.54) is 11.3 Å². The lowest BCUT2D eigenvalue weighted by atomic mass is 10.2. The van der Waals surface area contributed by atoms with Gasteiger partial charge in [0.1, 0.15) is 0 Å². The van der Waals surface area contributed by atoms with Gasteiger partial charge in [-0.3, -0.25) is 9.78 Å². The van der Waals surface area contributed by atoms with Crippen molar-refractivity contribution in [2.75, 3.05) is 0 Å². The van der Waals surface area contributed by atoms with Crippen molar-refractivity contribution in [3.05, 3.63) is 89.1 Å². The maximum atomic E-state index is 12.9. The second-order valence-electron chi connectivity index (χ2n) is 6.86. The van der Waals surface area contributed by atoms with E-state index in [1.807, 2.05) is 25.1 Å². The largest absolute Gasteiger partial charge is 0.347 e. The first-order valence-electron chi connectivity index (χ1n) is 9.52. The SMILES string of the molecule is CCc1cccc(S(=O)(=O)c2ccc(CNC(=O)c3cc4ccncc4s3)cc2)c1. The molecule has 2 aromatic carbocycles. The van der Waals surface area contributed by atoms with Crippen molar-refractivity contribution in [2.24, 2.45) is 0 Å². The molecule has 0 aliphatic heterocycles. The van der Waals surface area contributed by atoms with Crippen LogP contribution in [-0.2, 0) is 22.8 Å². The highest BCUT2D eigenvalue weighted by Crippen LogP contribution is 2.25. The minimum absolute atomic E-state index is 0.163. The Bertz CT molecular complexity index is 1280. The fraction of sp³-hybridized carbons (Fsp3) is 0.130. The number of aryl methyl sites for hydroxylation is 1. The Hall–Kier alpha value is -3.03. The summed E-state index contributed by atoms with van der Waals surface area (Å²) in [7, 11) is -3.57. The third-order valence-corrected chi connectivity index (χ3v) is 7.70. The molecule has 0 unspecified atom stereocenters. The number of nitrogens with zero attached hydrogens (tertiary/aromatic N) is 1. The van der Waals surface area contributed by atoms with Gasteiger partial charge < -0.3 is 5.32 Å². The predicted molar refractivity (Wildman–Crippen MR) is 119 cm³/mol. The van der Waals surface area contributed by atoms with Gasteiger partial charge in [0.2, 0.25) is 9.84 Å². The van der Waals surface area contributed by atoms with Crippen LogP contribution in [0.3, 0.4) is 0 Å². The molecule has 2 heterocycles. The minimum atomic E-state index is -3.57. The number of nitrogens with one attached hydrogen (secondary N) is 1. The van der Waals surface area contributed by atoms with Gasteiger partial charge in [-0.05, 0) is 59.3 Å². The van der Waals surface area contributed by atoms with Crippen LogP contribution < -0.4 is 5.32 Å². The molecule has 0 saturated heterocycles. The van der Waals surface area contributed by atoms with Gasteiger partial charge in [-0.2, -0.15) is 0 Å². The summed E-state index contributed by atoms with van der Waals surface area (Å²) in [6.07, 6.45) is 4.22. The van der Waals surface area contributed by atoms with Gasteiger partial charge in [0, 0.05) is 18.9 Å². The number of fused-ring (bicyclic) bond motifs is 1. The Balaban J connectivity index is 1.46. The number of carbonyl (C=O) groups is 1. The predicted octanol–water partition coefficient (Wildman–Crippen LogP) is 4.62. The molecule has 30 heavy (non-hydrogen) atoms. The van der Waals surface area contributed by atoms with Crippen molar-refractivity contribution in [2.45, 2.75) is 29.7 Å². The van der Waals surface area contributed by atoms with Crippen LogP contribution in [0.5, 0.6) is 0 Å². The number of pyridine rings is 1. The van der Waals surface area contributed by atoms with Gasteiger partial charge in [0.25, 0.3) is 5.91 Å². The maximum absolute atomic E-state index is 12.9. The zero-order valence-electron chi connectivity index (χ0n) is 16.3. The van der Waals surface area contributed by atoms with Crippen LogP contribution in [0.4, 0.5) is 0 Å². The molecule has 0 spiro atoms. The quantitative estimate of drug-likeness (QED) is 0.478. The molecule has 2 aromatic heterocycles. The van der Waals surface area contributed by atoms with E-state index in [-0.39, 0.29) is 10.8 Å². The van der Waals surface area contributed by atoms with E-state index in [0.717, 1.165) is 27.6 Å². The topological polar surface area (TPSA) is 76.1 Å². The molecule has 0 fully saturated rings. The number of rotatable bonds is 6. The van der Waals surface area contributed by atoms with Crippen LogP contribution in [-0.4, -0.2) is 19.3 Å². The third-order valence-electron chi connectivity index (χ3n) is 4.85. The van der Waals surface area contributed by atoms with Crippen LogP contribution in [0, 0.1) is 0 Å². The van der Waals surface area contributed by atoms with Crippen molar-refractivity contribution in [3.63, 3.8) is 0 Å². The molecular formula is C23H20N2O3S2. The lowest BCUT2D eigenvalue weighted by Gasteiger charge is -2.08. The molecule has 0 radical (unpaired) electrons. The molecule has 5 nitrogen and oxygen atoms in total. The molecule has 1 N–H and O–H groups in total. The molecule has 4 aromatic rings. The Morgan fingerprint density at radius 3 is 2.53 bits per heavy atom. The van der Waals surface area contributed by atoms with Crippen molar-refractivity contribution in [3.8, 4) is 0 Å². The molecule has 0 aliphatic rings. The average molecular weight is 437 g/mol. The summed E-state index contributed by atoms with van der Waals surface area (Å²) in [5.41, 5.74) is 1.81. The highest BCUT2D eigenvalue weighted by molar-refractivity contribution is 7.91. The first-order valence-corrected chi connectivity index (χ1v) is 11.8. The van der Waals surface area contributed by atoms with Crippen LogP contribution in [0.1, 0.15) is 27.7 Å². The fourth-order valence-corrected chi connectivity index (χ4v) is 5.40. The highest BCUT2D eigenvalue weighted by atomic mass is 32.2. The summed E-state index contributed by atoms with van der Waals surface area (Å²) in [4.78, 5) is 17.7. The summed E-state index contributed by atoms with van der Waals surface area (Å²) in [6, 6.07) is 17.3. The molecule has 7 heteroatoms. The Morgan fingerprint density at radius 1 is 1.00 bits per heavy atom. The average Bonchev–Trinajstić information content (AvgIpc) is 3.22. The molecule has 0 atom stereocenters. The van der Waals surface area contributed by atoms with Crippen LogP contribution >= 0.6 is 11.3 Å². The van der Waals surface area contributed by atoms with Gasteiger partial charge in [-0.1, -0.05) is 31.2 Å². The van der Waals surface area contributed by atoms with E-state index in [0.29, 0.717) is 16.3 Å². The number of carbonyl (C=O) groups excluding carboxylic acids is 1. The molecule has 4 rings (SSSR count). The molecule has 0 aliphatic carbocycles. The van der Waals surface area contributed by atoms with Crippen molar-refractivity contribution < 1.29 is 13.2 Å². The van der Waals surface area contributed by atoms with Gasteiger partial charge in [0.15, 0.2) is 0 Å². The molecule has 1 amide bonds. The first-order chi connectivity index (χ1) is 14.5. The van der Waals surface area contributed by atoms with Gasteiger partial charge in [0.05, 0.1) is 19.4 Å². The van der Waals surface area contributed by atoms with Gasteiger partial charge >= 0.3 is 0 Å². The summed E-state index contributed by atoms with van der Waals surface area (Å²) < 4.78 is 26.7. The zero-order valence-corrected chi connectivity index (χ0v) is 18.0. The standard InChI is InChI=1S/C23H20N2O3S2/c1-2-16-4-3-5-20(12-16)30(27,28)19-8-6-17(7-9-19)14-25-23(26)21-13-18-10-11-24-15-22(18)29-21/h3-13,15H,2,14H2,1H3,(H,25,26). The first kappa shape index (κ1) is 20.3. The minimum Gasteiger partial charge on any atom is -0.347 e. The number of sulfone groups is 1. The number of amides is 1. The summed E-state index contributed by atoms with van der Waals surface area (Å²) >= 11 is 1.39. The molecule has 0 saturated carbocycles. The van der Waals surface area contributed by atoms with Gasteiger partial charge in [-0.25, -0.2) is 8.42 Å². The highest BCUT2D eigenvalue weighted by Gasteiger charge is 2.18. The third kappa shape index (κ3) is 4.13. The number of hydrogen-bond donors (Lipinski definition) is 1. The number of benzene rings is 2. The lowest BCUT2D eigenvalue weighted by molar-refractivity contribution is 0.0955. The van der Waals surface area contributed by atoms with E-state index < -0.39 is 9.84 Å². The van der Waals surface area contributed by atoms with E-state index in [9.17, 15) is 13.2 Å². The van der Waals surface area contributed by atoms with E-state index in [1.54, 1.807) is 54.9 Å². The number of aromatic nitrogens is 1. The number of thiophene rings is 1. The second kappa shape index (κ2) is 8.38. The van der Waals surface area contributed by atoms with Crippen LogP contribution in [0.2, 0.25) is 0 Å². The smallest absolute Gasteiger partial charge is 0.261 e. The Morgan fingerprint density at radius 2 is 1.80 bits per heavy atom. The van der Waals surface area contributed by atoms with Crippen LogP contribution in [0.15, 0.2) is 82.8 Å². The Kier molecular flexibility index (Phi) is 5.65. The maximum Gasteiger partial charge on any atom is 0.261 e. The summed E-state index contributed by atoms with van der Waals surface area (Å²) in [5, 5.41) is 3.87. The Labute approximate surface area is 179 Å². The summed E-state index contributed by atoms with van der Waals surface area (Å²) in [6.45, 7) is 2.31. The van der Waals surface area contributed by atoms with Crippen molar-refractivity contribution in [1.82, 2.24) is 10.3 Å². The van der Waals surface area contributed by atoms with Crippen molar-refractivity contribution in [1.29, 1.82) is 0 Å². The number of hydrogen-bond acceptors (Lipinski definition) is 5. The lowest BCUT2D eigenvalue weighted by Crippen LogP contribution is -2.21. The fourth-order valence-electron chi connectivity index (χ4n) is 3.12. The van der Waals surface area contributed by atoms with Crippen molar-refractivity contribution >= 4 is 37.2 Å². The van der Waals surface area contributed by atoms with E-state index >= 15 is 0 Å². The normalized spacial score (nSPS) is 11.5. The molecule has 152 valence electrons. The van der Waals surface area contributed by atoms with Crippen LogP contribution in [0.25, 0.3) is 10.1 Å². The molecule has 0 bridgehead atoms.